The van der Waals surface area contributed by atoms with Gasteiger partial charge in [0.1, 0.15) is 5.75 Å². The van der Waals surface area contributed by atoms with Crippen LogP contribution in [0.4, 0.5) is 23.7 Å². The fourth-order valence-electron chi connectivity index (χ4n) is 2.76. The molecule has 0 bridgehead atoms. The number of hydrogen-bond donors (Lipinski definition) is 3. The Morgan fingerprint density at radius 3 is 1.90 bits per heavy atom. The highest BCUT2D eigenvalue weighted by molar-refractivity contribution is 5.89. The van der Waals surface area contributed by atoms with E-state index in [0.29, 0.717) is 12.2 Å². The van der Waals surface area contributed by atoms with E-state index in [1.165, 1.54) is 12.1 Å². The normalized spacial score (nSPS) is 11.1. The first kappa shape index (κ1) is 24.6. The van der Waals surface area contributed by atoms with E-state index >= 15 is 0 Å². The number of nitrogens with one attached hydrogen (secondary N) is 2. The summed E-state index contributed by atoms with van der Waals surface area (Å²) in [4.78, 5) is 22.1. The van der Waals surface area contributed by atoms with Gasteiger partial charge in [-0.3, -0.25) is 4.79 Å². The van der Waals surface area contributed by atoms with Crippen LogP contribution in [0.5, 0.6) is 5.75 Å². The minimum absolute atomic E-state index is 0.248. The third-order valence-electron chi connectivity index (χ3n) is 4.20. The van der Waals surface area contributed by atoms with Gasteiger partial charge in [-0.15, -0.1) is 13.2 Å². The molecule has 164 valence electrons. The summed E-state index contributed by atoms with van der Waals surface area (Å²) in [7, 11) is 0. The molecule has 0 unspecified atom stereocenters. The van der Waals surface area contributed by atoms with Crippen molar-refractivity contribution in [1.29, 1.82) is 0 Å². The summed E-state index contributed by atoms with van der Waals surface area (Å²) in [5.41, 5.74) is 0.375. The number of anilines is 1. The van der Waals surface area contributed by atoms with Gasteiger partial charge in [-0.1, -0.05) is 44.9 Å². The molecule has 0 saturated carbocycles. The molecule has 6 nitrogen and oxygen atoms in total. The van der Waals surface area contributed by atoms with Gasteiger partial charge in [-0.25, -0.2) is 4.79 Å². The molecule has 0 aliphatic carbocycles. The number of hydrogen-bond acceptors (Lipinski definition) is 3. The minimum Gasteiger partial charge on any atom is -0.481 e. The molecular weight excluding hydrogens is 389 g/mol. The van der Waals surface area contributed by atoms with Gasteiger partial charge >= 0.3 is 18.4 Å². The molecule has 0 fully saturated rings. The van der Waals surface area contributed by atoms with E-state index < -0.39 is 18.4 Å². The predicted octanol–water partition coefficient (Wildman–Crippen LogP) is 5.69. The largest absolute Gasteiger partial charge is 0.573 e. The third-order valence-corrected chi connectivity index (χ3v) is 4.20. The van der Waals surface area contributed by atoms with E-state index in [-0.39, 0.29) is 12.2 Å². The van der Waals surface area contributed by atoms with Crippen LogP contribution in [-0.4, -0.2) is 30.0 Å². The monoisotopic (exact) mass is 418 g/mol. The Balaban J connectivity index is 1.99. The molecular formula is C20H29F3N2O4. The summed E-state index contributed by atoms with van der Waals surface area (Å²) >= 11 is 0. The molecule has 0 aliphatic heterocycles. The second-order valence-corrected chi connectivity index (χ2v) is 6.78. The van der Waals surface area contributed by atoms with Crippen LogP contribution >= 0.6 is 0 Å². The smallest absolute Gasteiger partial charge is 0.481 e. The average Bonchev–Trinajstić information content (AvgIpc) is 2.63. The zero-order valence-corrected chi connectivity index (χ0v) is 16.4. The lowest BCUT2D eigenvalue weighted by molar-refractivity contribution is -0.274. The van der Waals surface area contributed by atoms with Crippen LogP contribution in [0, 0.1) is 0 Å². The van der Waals surface area contributed by atoms with Gasteiger partial charge in [0.2, 0.25) is 0 Å². The van der Waals surface area contributed by atoms with E-state index in [0.717, 1.165) is 69.9 Å². The maximum atomic E-state index is 12.1. The molecule has 2 amide bonds. The first-order valence-electron chi connectivity index (χ1n) is 9.89. The van der Waals surface area contributed by atoms with Crippen LogP contribution in [0.2, 0.25) is 0 Å². The van der Waals surface area contributed by atoms with Gasteiger partial charge in [0.15, 0.2) is 0 Å². The van der Waals surface area contributed by atoms with Gasteiger partial charge in [0.25, 0.3) is 0 Å². The highest BCUT2D eigenvalue weighted by Gasteiger charge is 2.30. The van der Waals surface area contributed by atoms with E-state index in [9.17, 15) is 22.8 Å². The number of carboxylic acids is 1. The average molecular weight is 418 g/mol. The Bertz CT molecular complexity index is 607. The van der Waals surface area contributed by atoms with Crippen molar-refractivity contribution in [1.82, 2.24) is 5.32 Å². The van der Waals surface area contributed by atoms with Crippen LogP contribution in [0.3, 0.4) is 0 Å². The lowest BCUT2D eigenvalue weighted by Crippen LogP contribution is -2.29. The van der Waals surface area contributed by atoms with E-state index in [1.54, 1.807) is 0 Å². The van der Waals surface area contributed by atoms with Gasteiger partial charge < -0.3 is 20.5 Å². The predicted molar refractivity (Wildman–Crippen MR) is 104 cm³/mol. The Hall–Kier alpha value is -2.45. The molecule has 0 aliphatic rings. The lowest BCUT2D eigenvalue weighted by Gasteiger charge is -2.10. The first-order valence-corrected chi connectivity index (χ1v) is 9.89. The van der Waals surface area contributed by atoms with Crippen LogP contribution in [0.1, 0.15) is 64.2 Å². The summed E-state index contributed by atoms with van der Waals surface area (Å²) in [6.45, 7) is 0.524. The van der Waals surface area contributed by atoms with Crippen LogP contribution in [-0.2, 0) is 4.79 Å². The van der Waals surface area contributed by atoms with Crippen molar-refractivity contribution in [2.75, 3.05) is 11.9 Å². The molecule has 29 heavy (non-hydrogen) atoms. The van der Waals surface area contributed by atoms with Gasteiger partial charge in [-0.05, 0) is 37.1 Å². The molecule has 1 aromatic carbocycles. The van der Waals surface area contributed by atoms with Crippen molar-refractivity contribution in [3.63, 3.8) is 0 Å². The zero-order chi connectivity index (χ0) is 21.5. The van der Waals surface area contributed by atoms with E-state index in [4.69, 9.17) is 5.11 Å². The molecule has 3 N–H and O–H groups in total. The van der Waals surface area contributed by atoms with E-state index in [1.807, 2.05) is 0 Å². The van der Waals surface area contributed by atoms with Crippen LogP contribution < -0.4 is 15.4 Å². The molecule has 0 heterocycles. The van der Waals surface area contributed by atoms with Crippen LogP contribution in [0.25, 0.3) is 0 Å². The second-order valence-electron chi connectivity index (χ2n) is 6.78. The van der Waals surface area contributed by atoms with Crippen molar-refractivity contribution >= 4 is 17.7 Å². The number of aliphatic carboxylic acids is 1. The molecule has 0 aromatic heterocycles. The van der Waals surface area contributed by atoms with Gasteiger partial charge in [-0.2, -0.15) is 0 Å². The van der Waals surface area contributed by atoms with Gasteiger partial charge in [0.05, 0.1) is 0 Å². The number of carbonyl (C=O) groups is 2. The third kappa shape index (κ3) is 14.2. The maximum Gasteiger partial charge on any atom is 0.573 e. The van der Waals surface area contributed by atoms with Crippen molar-refractivity contribution in [3.8, 4) is 5.75 Å². The lowest BCUT2D eigenvalue weighted by atomic mass is 10.1. The highest BCUT2D eigenvalue weighted by atomic mass is 19.4. The van der Waals surface area contributed by atoms with Gasteiger partial charge in [0, 0.05) is 18.7 Å². The fourth-order valence-corrected chi connectivity index (χ4v) is 2.76. The van der Waals surface area contributed by atoms with Crippen molar-refractivity contribution in [2.45, 2.75) is 70.6 Å². The summed E-state index contributed by atoms with van der Waals surface area (Å²) < 4.78 is 40.0. The van der Waals surface area contributed by atoms with Crippen LogP contribution in [0.15, 0.2) is 24.3 Å². The fraction of sp³-hybridized carbons (Fsp3) is 0.600. The topological polar surface area (TPSA) is 87.7 Å². The number of benzene rings is 1. The van der Waals surface area contributed by atoms with Crippen molar-refractivity contribution in [3.05, 3.63) is 24.3 Å². The molecule has 0 saturated heterocycles. The number of amides is 2. The van der Waals surface area contributed by atoms with E-state index in [2.05, 4.69) is 15.4 Å². The molecule has 1 aromatic rings. The Morgan fingerprint density at radius 2 is 1.38 bits per heavy atom. The number of ether oxygens (including phenoxy) is 1. The summed E-state index contributed by atoms with van der Waals surface area (Å²) in [5.74, 6) is -1.08. The number of halogens is 3. The zero-order valence-electron chi connectivity index (χ0n) is 16.4. The maximum absolute atomic E-state index is 12.1. The Kier molecular flexibility index (Phi) is 11.6. The summed E-state index contributed by atoms with van der Waals surface area (Å²) in [6.07, 6.45) is 4.59. The number of carboxylic acid groups (broad SMARTS) is 1. The molecule has 0 radical (unpaired) electrons. The molecule has 1 rings (SSSR count). The molecule has 9 heteroatoms. The summed E-state index contributed by atoms with van der Waals surface area (Å²) in [5, 5.41) is 13.8. The number of unbranched alkanes of at least 4 members (excludes halogenated alkanes) is 8. The Labute approximate surface area is 168 Å². The van der Waals surface area contributed by atoms with Crippen molar-refractivity contribution in [2.24, 2.45) is 0 Å². The first-order chi connectivity index (χ1) is 13.8. The minimum atomic E-state index is -4.74. The molecule has 0 atom stereocenters. The highest BCUT2D eigenvalue weighted by Crippen LogP contribution is 2.23. The number of rotatable bonds is 14. The second kappa shape index (κ2) is 13.7. The SMILES string of the molecule is O=C(O)CCCCCCCCCCCNC(=O)Nc1ccc(OC(F)(F)F)cc1. The number of alkyl halides is 3. The standard InChI is InChI=1S/C20H29F3N2O4/c21-20(22,23)29-17-13-11-16(12-14-17)25-19(28)24-15-9-7-5-3-1-2-4-6-8-10-18(26)27/h11-14H,1-10,15H2,(H,26,27)(H2,24,25,28). The molecule has 0 spiro atoms. The summed E-state index contributed by atoms with van der Waals surface area (Å²) in [6, 6.07) is 4.53. The van der Waals surface area contributed by atoms with Crippen molar-refractivity contribution < 1.29 is 32.6 Å². The quantitative estimate of drug-likeness (QED) is 0.339. The Morgan fingerprint density at radius 1 is 0.862 bits per heavy atom. The number of urea groups is 1. The number of carbonyl (C=O) groups excluding carboxylic acids is 1.